The minimum absolute atomic E-state index is 0.305. The van der Waals surface area contributed by atoms with Crippen molar-refractivity contribution >= 4 is 24.4 Å². The van der Waals surface area contributed by atoms with Crippen LogP contribution in [0.2, 0.25) is 5.02 Å². The highest BCUT2D eigenvalue weighted by Crippen LogP contribution is 2.27. The molecule has 0 aliphatic carbocycles. The van der Waals surface area contributed by atoms with Crippen LogP contribution in [0.4, 0.5) is 0 Å². The van der Waals surface area contributed by atoms with Gasteiger partial charge in [-0.15, -0.1) is 5.10 Å². The Hall–Kier alpha value is -1.33. The molecule has 0 aliphatic heterocycles. The Morgan fingerprint density at radius 3 is 2.83 bits per heavy atom. The van der Waals surface area contributed by atoms with Crippen LogP contribution in [0.3, 0.4) is 0 Å². The molecule has 0 saturated heterocycles. The topological polar surface area (TPSA) is 36.3 Å². The minimum Gasteiger partial charge on any atom is -0.493 e. The number of halogens is 1. The molecule has 0 fully saturated rings. The second-order valence-corrected chi connectivity index (χ2v) is 4.33. The molecule has 96 valence electrons. The van der Waals surface area contributed by atoms with Crippen molar-refractivity contribution in [2.24, 2.45) is 0 Å². The van der Waals surface area contributed by atoms with Gasteiger partial charge < -0.3 is 9.47 Å². The van der Waals surface area contributed by atoms with E-state index in [1.807, 2.05) is 19.1 Å². The summed E-state index contributed by atoms with van der Waals surface area (Å²) in [4.78, 5) is 0. The summed E-state index contributed by atoms with van der Waals surface area (Å²) in [7, 11) is 0. The summed E-state index contributed by atoms with van der Waals surface area (Å²) in [5.41, 5.74) is 0.815. The Morgan fingerprint density at radius 2 is 2.17 bits per heavy atom. The summed E-state index contributed by atoms with van der Waals surface area (Å²) in [5.74, 6) is 1.22. The highest BCUT2D eigenvalue weighted by molar-refractivity contribution is 7.78. The summed E-state index contributed by atoms with van der Waals surface area (Å²) in [6.07, 6.45) is 1.69. The lowest BCUT2D eigenvalue weighted by atomic mass is 10.2. The average Bonchev–Trinajstić information content (AvgIpc) is 2.75. The summed E-state index contributed by atoms with van der Waals surface area (Å²) in [6, 6.07) is 7.24. The Labute approximate surface area is 116 Å². The Balaban J connectivity index is 2.12. The molecule has 1 aromatic carbocycles. The number of rotatable bonds is 5. The van der Waals surface area contributed by atoms with E-state index in [9.17, 15) is 0 Å². The second-order valence-electron chi connectivity index (χ2n) is 3.51. The quantitative estimate of drug-likeness (QED) is 0.857. The summed E-state index contributed by atoms with van der Waals surface area (Å²) < 4.78 is 12.4. The Bertz CT molecular complexity index is 531. The van der Waals surface area contributed by atoms with E-state index in [1.165, 1.54) is 4.09 Å². The van der Waals surface area contributed by atoms with Crippen LogP contribution in [-0.4, -0.2) is 15.8 Å². The highest BCUT2D eigenvalue weighted by Gasteiger charge is 2.09. The van der Waals surface area contributed by atoms with Crippen LogP contribution in [0.25, 0.3) is 0 Å². The minimum atomic E-state index is 0.305. The maximum atomic E-state index is 6.14. The van der Waals surface area contributed by atoms with Gasteiger partial charge in [-0.25, -0.2) is 4.09 Å². The normalized spacial score (nSPS) is 10.4. The monoisotopic (exact) mass is 284 g/mol. The van der Waals surface area contributed by atoms with E-state index in [0.717, 1.165) is 11.3 Å². The van der Waals surface area contributed by atoms with Gasteiger partial charge >= 0.3 is 0 Å². The van der Waals surface area contributed by atoms with Crippen molar-refractivity contribution in [3.05, 3.63) is 41.0 Å². The van der Waals surface area contributed by atoms with Gasteiger partial charge in [0.15, 0.2) is 0 Å². The maximum Gasteiger partial charge on any atom is 0.234 e. The highest BCUT2D eigenvalue weighted by atomic mass is 35.5. The molecule has 0 spiro atoms. The third-order valence-corrected chi connectivity index (χ3v) is 2.87. The molecule has 0 bridgehead atoms. The SMILES string of the molecule is CCOc1cccc(Cl)c1COc1ccn(S)n1. The van der Waals surface area contributed by atoms with Gasteiger partial charge in [-0.1, -0.05) is 17.7 Å². The van der Waals surface area contributed by atoms with E-state index in [2.05, 4.69) is 17.9 Å². The van der Waals surface area contributed by atoms with Gasteiger partial charge in [-0.2, -0.15) is 0 Å². The first-order valence-electron chi connectivity index (χ1n) is 5.48. The van der Waals surface area contributed by atoms with Crippen LogP contribution in [0.5, 0.6) is 11.6 Å². The largest absolute Gasteiger partial charge is 0.493 e. The molecule has 4 nitrogen and oxygen atoms in total. The molecule has 0 radical (unpaired) electrons. The van der Waals surface area contributed by atoms with Crippen LogP contribution in [0, 0.1) is 0 Å². The molecule has 0 unspecified atom stereocenters. The van der Waals surface area contributed by atoms with Crippen LogP contribution >= 0.6 is 24.4 Å². The molecule has 1 aromatic heterocycles. The van der Waals surface area contributed by atoms with Gasteiger partial charge in [-0.3, -0.25) is 0 Å². The Morgan fingerprint density at radius 1 is 1.33 bits per heavy atom. The molecular formula is C12H13ClN2O2S. The van der Waals surface area contributed by atoms with E-state index in [-0.39, 0.29) is 0 Å². The molecular weight excluding hydrogens is 272 g/mol. The van der Waals surface area contributed by atoms with Crippen LogP contribution in [-0.2, 0) is 6.61 Å². The second kappa shape index (κ2) is 6.02. The molecule has 1 heterocycles. The lowest BCUT2D eigenvalue weighted by Crippen LogP contribution is -2.02. The molecule has 0 aliphatic rings. The van der Waals surface area contributed by atoms with Gasteiger partial charge in [0, 0.05) is 12.3 Å². The van der Waals surface area contributed by atoms with Crippen LogP contribution < -0.4 is 9.47 Å². The zero-order valence-electron chi connectivity index (χ0n) is 9.84. The van der Waals surface area contributed by atoms with Crippen molar-refractivity contribution in [1.29, 1.82) is 0 Å². The number of nitrogens with zero attached hydrogens (tertiary/aromatic N) is 2. The number of aromatic nitrogens is 2. The number of benzene rings is 1. The van der Waals surface area contributed by atoms with E-state index in [0.29, 0.717) is 24.1 Å². The summed E-state index contributed by atoms with van der Waals surface area (Å²) in [6.45, 7) is 2.81. The number of ether oxygens (including phenoxy) is 2. The molecule has 0 atom stereocenters. The number of hydrogen-bond donors (Lipinski definition) is 1. The summed E-state index contributed by atoms with van der Waals surface area (Å²) in [5, 5.41) is 4.62. The van der Waals surface area contributed by atoms with Gasteiger partial charge in [-0.05, 0) is 31.9 Å². The lowest BCUT2D eigenvalue weighted by Gasteiger charge is -2.11. The van der Waals surface area contributed by atoms with Crippen molar-refractivity contribution in [2.45, 2.75) is 13.5 Å². The first kappa shape index (κ1) is 13.1. The zero-order valence-corrected chi connectivity index (χ0v) is 11.5. The Kier molecular flexibility index (Phi) is 4.38. The van der Waals surface area contributed by atoms with Gasteiger partial charge in [0.2, 0.25) is 5.88 Å². The van der Waals surface area contributed by atoms with Crippen molar-refractivity contribution in [2.75, 3.05) is 6.61 Å². The molecule has 0 amide bonds. The zero-order chi connectivity index (χ0) is 13.0. The number of hydrogen-bond acceptors (Lipinski definition) is 4. The van der Waals surface area contributed by atoms with E-state index < -0.39 is 0 Å². The maximum absolute atomic E-state index is 6.14. The van der Waals surface area contributed by atoms with Gasteiger partial charge in [0.1, 0.15) is 12.4 Å². The van der Waals surface area contributed by atoms with E-state index >= 15 is 0 Å². The van der Waals surface area contributed by atoms with E-state index in [4.69, 9.17) is 21.1 Å². The van der Waals surface area contributed by atoms with Crippen LogP contribution in [0.1, 0.15) is 12.5 Å². The fraction of sp³-hybridized carbons (Fsp3) is 0.250. The molecule has 0 saturated carbocycles. The molecule has 2 aromatic rings. The van der Waals surface area contributed by atoms with E-state index in [1.54, 1.807) is 18.3 Å². The fourth-order valence-electron chi connectivity index (χ4n) is 1.49. The first-order chi connectivity index (χ1) is 8.70. The average molecular weight is 285 g/mol. The smallest absolute Gasteiger partial charge is 0.234 e. The summed E-state index contributed by atoms with van der Waals surface area (Å²) >= 11 is 10.2. The molecule has 0 N–H and O–H groups in total. The van der Waals surface area contributed by atoms with Crippen molar-refractivity contribution in [3.8, 4) is 11.6 Å². The third kappa shape index (κ3) is 3.11. The van der Waals surface area contributed by atoms with Crippen molar-refractivity contribution in [3.63, 3.8) is 0 Å². The van der Waals surface area contributed by atoms with Gasteiger partial charge in [0.25, 0.3) is 0 Å². The fourth-order valence-corrected chi connectivity index (χ4v) is 1.87. The van der Waals surface area contributed by atoms with Gasteiger partial charge in [0.05, 0.1) is 17.2 Å². The lowest BCUT2D eigenvalue weighted by molar-refractivity contribution is 0.277. The van der Waals surface area contributed by atoms with Crippen molar-refractivity contribution < 1.29 is 9.47 Å². The van der Waals surface area contributed by atoms with Crippen molar-refractivity contribution in [1.82, 2.24) is 9.19 Å². The predicted octanol–water partition coefficient (Wildman–Crippen LogP) is 3.21. The predicted molar refractivity (Wildman–Crippen MR) is 73.6 cm³/mol. The molecule has 18 heavy (non-hydrogen) atoms. The third-order valence-electron chi connectivity index (χ3n) is 2.29. The molecule has 6 heteroatoms. The van der Waals surface area contributed by atoms with Crippen LogP contribution in [0.15, 0.2) is 30.5 Å². The first-order valence-corrected chi connectivity index (χ1v) is 6.26. The standard InChI is InChI=1S/C12H13ClN2O2S/c1-2-16-11-5-3-4-10(13)9(11)8-17-12-6-7-15(18)14-12/h3-7,18H,2,8H2,1H3. The number of thiol groups is 1. The molecule has 2 rings (SSSR count).